The van der Waals surface area contributed by atoms with Crippen molar-refractivity contribution in [2.24, 2.45) is 0 Å². The van der Waals surface area contributed by atoms with E-state index in [-0.39, 0.29) is 31.4 Å². The second-order valence-corrected chi connectivity index (χ2v) is 4.92. The molecule has 2 aromatic rings. The van der Waals surface area contributed by atoms with Crippen LogP contribution in [0, 0.1) is 11.8 Å². The molecule has 1 N–H and O–H groups in total. The van der Waals surface area contributed by atoms with Crippen molar-refractivity contribution in [1.82, 2.24) is 10.3 Å². The normalized spacial score (nSPS) is 10.4. The number of ether oxygens (including phenoxy) is 2. The summed E-state index contributed by atoms with van der Waals surface area (Å²) < 4.78 is 48.0. The number of nitrogens with one attached hydrogen (secondary N) is 1. The molecule has 0 saturated carbocycles. The zero-order chi connectivity index (χ0) is 18.8. The number of hydrogen-bond donors (Lipinski definition) is 1. The lowest BCUT2D eigenvalue weighted by molar-refractivity contribution is -0.137. The summed E-state index contributed by atoms with van der Waals surface area (Å²) in [6.45, 7) is -0.196. The maximum absolute atomic E-state index is 12.6. The van der Waals surface area contributed by atoms with Gasteiger partial charge < -0.3 is 14.8 Å². The molecule has 5 nitrogen and oxygen atoms in total. The molecule has 0 spiro atoms. The molecule has 0 unspecified atom stereocenters. The third-order valence-corrected chi connectivity index (χ3v) is 2.98. The molecule has 0 radical (unpaired) electrons. The van der Waals surface area contributed by atoms with Crippen LogP contribution in [-0.4, -0.2) is 30.6 Å². The van der Waals surface area contributed by atoms with Gasteiger partial charge in [-0.05, 0) is 30.3 Å². The van der Waals surface area contributed by atoms with Crippen LogP contribution in [0.3, 0.4) is 0 Å². The Morgan fingerprint density at radius 1 is 1.12 bits per heavy atom. The standard InChI is InChI=1S/C18H15F3N2O3/c19-18(20,21)14-5-3-6-15(11-14)25-10-2-1-9-23-17(24)13-26-16-7-4-8-22-12-16/h3-8,11-12H,9-10,13H2,(H,23,24). The van der Waals surface area contributed by atoms with Gasteiger partial charge in [0.05, 0.1) is 18.3 Å². The predicted molar refractivity (Wildman–Crippen MR) is 87.5 cm³/mol. The summed E-state index contributed by atoms with van der Waals surface area (Å²) in [5.74, 6) is 5.42. The number of nitrogens with zero attached hydrogens (tertiary/aromatic N) is 1. The van der Waals surface area contributed by atoms with Crippen LogP contribution in [0.2, 0.25) is 0 Å². The molecule has 26 heavy (non-hydrogen) atoms. The molecule has 0 aliphatic heterocycles. The summed E-state index contributed by atoms with van der Waals surface area (Å²) in [4.78, 5) is 15.4. The lowest BCUT2D eigenvalue weighted by Crippen LogP contribution is -2.29. The molecule has 0 aliphatic carbocycles. The van der Waals surface area contributed by atoms with Gasteiger partial charge in [-0.3, -0.25) is 9.78 Å². The Balaban J connectivity index is 1.67. The van der Waals surface area contributed by atoms with Gasteiger partial charge in [0, 0.05) is 6.20 Å². The first-order chi connectivity index (χ1) is 12.4. The second kappa shape index (κ2) is 9.32. The quantitative estimate of drug-likeness (QED) is 0.801. The van der Waals surface area contributed by atoms with E-state index in [1.165, 1.54) is 18.3 Å². The van der Waals surface area contributed by atoms with E-state index in [2.05, 4.69) is 22.1 Å². The number of amides is 1. The number of aromatic nitrogens is 1. The van der Waals surface area contributed by atoms with Crippen LogP contribution in [0.5, 0.6) is 11.5 Å². The Morgan fingerprint density at radius 2 is 1.92 bits per heavy atom. The van der Waals surface area contributed by atoms with E-state index in [9.17, 15) is 18.0 Å². The molecule has 8 heteroatoms. The molecular formula is C18H15F3N2O3. The zero-order valence-corrected chi connectivity index (χ0v) is 13.5. The van der Waals surface area contributed by atoms with Crippen molar-refractivity contribution in [2.45, 2.75) is 6.18 Å². The maximum Gasteiger partial charge on any atom is 0.416 e. The van der Waals surface area contributed by atoms with Gasteiger partial charge in [-0.25, -0.2) is 0 Å². The molecule has 0 fully saturated rings. The van der Waals surface area contributed by atoms with Crippen molar-refractivity contribution < 1.29 is 27.4 Å². The molecule has 0 atom stereocenters. The maximum atomic E-state index is 12.6. The summed E-state index contributed by atoms with van der Waals surface area (Å²) >= 11 is 0. The monoisotopic (exact) mass is 364 g/mol. The van der Waals surface area contributed by atoms with Crippen molar-refractivity contribution >= 4 is 5.91 Å². The largest absolute Gasteiger partial charge is 0.482 e. The third-order valence-electron chi connectivity index (χ3n) is 2.98. The lowest BCUT2D eigenvalue weighted by Gasteiger charge is -2.08. The van der Waals surface area contributed by atoms with Crippen molar-refractivity contribution in [3.63, 3.8) is 0 Å². The number of alkyl halides is 3. The molecule has 0 bridgehead atoms. The average molecular weight is 364 g/mol. The van der Waals surface area contributed by atoms with E-state index in [1.807, 2.05) is 0 Å². The van der Waals surface area contributed by atoms with Crippen molar-refractivity contribution in [1.29, 1.82) is 0 Å². The molecule has 1 amide bonds. The van der Waals surface area contributed by atoms with Gasteiger partial charge in [0.25, 0.3) is 5.91 Å². The smallest absolute Gasteiger partial charge is 0.416 e. The number of benzene rings is 1. The number of halogens is 3. The van der Waals surface area contributed by atoms with E-state index < -0.39 is 11.7 Å². The van der Waals surface area contributed by atoms with Gasteiger partial charge in [0.1, 0.15) is 18.1 Å². The number of carbonyl (C=O) groups excluding carboxylic acids is 1. The predicted octanol–water partition coefficient (Wildman–Crippen LogP) is 2.68. The first-order valence-electron chi connectivity index (χ1n) is 7.50. The molecule has 1 aromatic heterocycles. The fraction of sp³-hybridized carbons (Fsp3) is 0.222. The van der Waals surface area contributed by atoms with Gasteiger partial charge in [-0.15, -0.1) is 0 Å². The van der Waals surface area contributed by atoms with Crippen molar-refractivity contribution in [3.05, 3.63) is 54.4 Å². The third kappa shape index (κ3) is 6.73. The van der Waals surface area contributed by atoms with E-state index in [0.29, 0.717) is 5.75 Å². The molecular weight excluding hydrogens is 349 g/mol. The summed E-state index contributed by atoms with van der Waals surface area (Å²) in [6.07, 6.45) is -1.35. The fourth-order valence-electron chi connectivity index (χ4n) is 1.77. The van der Waals surface area contributed by atoms with E-state index >= 15 is 0 Å². The lowest BCUT2D eigenvalue weighted by atomic mass is 10.2. The number of rotatable bonds is 6. The van der Waals surface area contributed by atoms with Gasteiger partial charge in [-0.1, -0.05) is 17.9 Å². The number of pyridine rings is 1. The molecule has 0 saturated heterocycles. The van der Waals surface area contributed by atoms with E-state index in [0.717, 1.165) is 12.1 Å². The highest BCUT2D eigenvalue weighted by molar-refractivity contribution is 5.77. The first-order valence-corrected chi connectivity index (χ1v) is 7.50. The topological polar surface area (TPSA) is 60.5 Å². The Labute approximate surface area is 148 Å². The van der Waals surface area contributed by atoms with Crippen LogP contribution in [0.15, 0.2) is 48.8 Å². The first kappa shape index (κ1) is 19.1. The van der Waals surface area contributed by atoms with Crippen LogP contribution >= 0.6 is 0 Å². The summed E-state index contributed by atoms with van der Waals surface area (Å²) in [5, 5.41) is 2.52. The highest BCUT2D eigenvalue weighted by Crippen LogP contribution is 2.31. The van der Waals surface area contributed by atoms with Gasteiger partial charge in [-0.2, -0.15) is 13.2 Å². The summed E-state index contributed by atoms with van der Waals surface area (Å²) in [7, 11) is 0. The highest BCUT2D eigenvalue weighted by atomic mass is 19.4. The molecule has 0 aliphatic rings. The average Bonchev–Trinajstić information content (AvgIpc) is 2.63. The van der Waals surface area contributed by atoms with Gasteiger partial charge in [0.15, 0.2) is 6.61 Å². The molecule has 1 heterocycles. The SMILES string of the molecule is O=C(COc1cccnc1)NCC#CCOc1cccc(C(F)(F)F)c1. The number of hydrogen-bond acceptors (Lipinski definition) is 4. The van der Waals surface area contributed by atoms with Crippen LogP contribution in [0.25, 0.3) is 0 Å². The minimum absolute atomic E-state index is 0.0706. The van der Waals surface area contributed by atoms with Crippen LogP contribution in [0.1, 0.15) is 5.56 Å². The highest BCUT2D eigenvalue weighted by Gasteiger charge is 2.30. The Hall–Kier alpha value is -3.21. The zero-order valence-electron chi connectivity index (χ0n) is 13.5. The van der Waals surface area contributed by atoms with Gasteiger partial charge >= 0.3 is 6.18 Å². The Morgan fingerprint density at radius 3 is 2.65 bits per heavy atom. The van der Waals surface area contributed by atoms with Crippen LogP contribution < -0.4 is 14.8 Å². The summed E-state index contributed by atoms with van der Waals surface area (Å²) in [5.41, 5.74) is -0.788. The molecule has 1 aromatic carbocycles. The van der Waals surface area contributed by atoms with Crippen molar-refractivity contribution in [3.8, 4) is 23.3 Å². The van der Waals surface area contributed by atoms with Crippen LogP contribution in [-0.2, 0) is 11.0 Å². The second-order valence-electron chi connectivity index (χ2n) is 4.92. The van der Waals surface area contributed by atoms with E-state index in [1.54, 1.807) is 18.3 Å². The summed E-state index contributed by atoms with van der Waals surface area (Å²) in [6, 6.07) is 7.89. The minimum Gasteiger partial charge on any atom is -0.482 e. The Kier molecular flexibility index (Phi) is 6.85. The van der Waals surface area contributed by atoms with Gasteiger partial charge in [0.2, 0.25) is 0 Å². The van der Waals surface area contributed by atoms with Crippen molar-refractivity contribution in [2.75, 3.05) is 19.8 Å². The van der Waals surface area contributed by atoms with Crippen LogP contribution in [0.4, 0.5) is 13.2 Å². The van der Waals surface area contributed by atoms with E-state index in [4.69, 9.17) is 9.47 Å². The fourth-order valence-corrected chi connectivity index (χ4v) is 1.77. The molecule has 136 valence electrons. The molecule has 2 rings (SSSR count). The Bertz CT molecular complexity index is 784. The minimum atomic E-state index is -4.42. The number of carbonyl (C=O) groups is 1.